The third kappa shape index (κ3) is 3.58. The molecule has 1 saturated heterocycles. The smallest absolute Gasteiger partial charge is 0.0924 e. The highest BCUT2D eigenvalue weighted by molar-refractivity contribution is 5.77. The van der Waals surface area contributed by atoms with Crippen molar-refractivity contribution in [3.63, 3.8) is 0 Å². The minimum atomic E-state index is 0.179. The van der Waals surface area contributed by atoms with Crippen molar-refractivity contribution in [2.24, 2.45) is 11.7 Å². The highest BCUT2D eigenvalue weighted by Gasteiger charge is 2.31. The van der Waals surface area contributed by atoms with E-state index in [1.807, 2.05) is 18.2 Å². The van der Waals surface area contributed by atoms with Gasteiger partial charge in [0.1, 0.15) is 0 Å². The summed E-state index contributed by atoms with van der Waals surface area (Å²) in [7, 11) is 1.78. The Labute approximate surface area is 121 Å². The summed E-state index contributed by atoms with van der Waals surface area (Å²) in [6, 6.07) is 10.5. The van der Waals surface area contributed by atoms with Crippen LogP contribution in [0, 0.1) is 11.3 Å². The van der Waals surface area contributed by atoms with Gasteiger partial charge in [-0.25, -0.2) is 0 Å². The molecule has 1 heterocycles. The van der Waals surface area contributed by atoms with E-state index in [4.69, 9.17) is 15.9 Å². The van der Waals surface area contributed by atoms with Crippen LogP contribution in [0.25, 0.3) is 0 Å². The normalized spacial score (nSPS) is 25.3. The van der Waals surface area contributed by atoms with Crippen molar-refractivity contribution in [2.75, 3.05) is 20.2 Å². The number of nitrogens with one attached hydrogen (secondary N) is 1. The Kier molecular flexibility index (Phi) is 5.15. The number of nitrogens with two attached hydrogens (primary N) is 1. The second-order valence-electron chi connectivity index (χ2n) is 5.69. The Balaban J connectivity index is 2.17. The maximum absolute atomic E-state index is 7.65. The van der Waals surface area contributed by atoms with Crippen LogP contribution in [0.2, 0.25) is 0 Å². The topological polar surface area (TPSA) is 62.3 Å². The molecule has 1 fully saturated rings. The lowest BCUT2D eigenvalue weighted by molar-refractivity contribution is -0.0186. The van der Waals surface area contributed by atoms with Crippen LogP contribution in [0.4, 0.5) is 0 Å². The second-order valence-corrected chi connectivity index (χ2v) is 5.69. The molecule has 1 aromatic rings. The number of benzene rings is 1. The summed E-state index contributed by atoms with van der Waals surface area (Å²) in [5, 5.41) is 7.65. The van der Waals surface area contributed by atoms with Crippen molar-refractivity contribution in [2.45, 2.75) is 31.9 Å². The summed E-state index contributed by atoms with van der Waals surface area (Å²) in [6.07, 6.45) is 1.97. The number of rotatable bonds is 5. The van der Waals surface area contributed by atoms with Crippen LogP contribution in [-0.2, 0) is 4.74 Å². The monoisotopic (exact) mass is 275 g/mol. The molecule has 0 aromatic heterocycles. The second kappa shape index (κ2) is 6.86. The van der Waals surface area contributed by atoms with Crippen molar-refractivity contribution in [3.05, 3.63) is 35.9 Å². The van der Waals surface area contributed by atoms with Gasteiger partial charge in [-0.1, -0.05) is 37.3 Å². The van der Waals surface area contributed by atoms with Gasteiger partial charge in [0.05, 0.1) is 11.9 Å². The molecule has 0 aliphatic carbocycles. The van der Waals surface area contributed by atoms with Crippen molar-refractivity contribution in [1.82, 2.24) is 4.90 Å². The molecule has 0 bridgehead atoms. The SMILES string of the molecule is COC1CN(C(CC(=N)N)c2ccccc2)CCC1C. The summed E-state index contributed by atoms with van der Waals surface area (Å²) in [5.41, 5.74) is 6.89. The van der Waals surface area contributed by atoms with Gasteiger partial charge >= 0.3 is 0 Å². The summed E-state index contributed by atoms with van der Waals surface area (Å²) < 4.78 is 5.60. The molecule has 0 amide bonds. The van der Waals surface area contributed by atoms with Crippen LogP contribution in [0.3, 0.4) is 0 Å². The van der Waals surface area contributed by atoms with Crippen LogP contribution in [0.5, 0.6) is 0 Å². The highest BCUT2D eigenvalue weighted by atomic mass is 16.5. The number of methoxy groups -OCH3 is 1. The molecule has 3 atom stereocenters. The first-order chi connectivity index (χ1) is 9.61. The number of likely N-dealkylation sites (tertiary alicyclic amines) is 1. The summed E-state index contributed by atoms with van der Waals surface area (Å²) >= 11 is 0. The van der Waals surface area contributed by atoms with E-state index in [0.29, 0.717) is 12.3 Å². The molecule has 1 aliphatic rings. The fraction of sp³-hybridized carbons (Fsp3) is 0.562. The summed E-state index contributed by atoms with van der Waals surface area (Å²) in [5.74, 6) is 0.830. The van der Waals surface area contributed by atoms with Gasteiger partial charge in [-0.15, -0.1) is 0 Å². The van der Waals surface area contributed by atoms with Crippen molar-refractivity contribution >= 4 is 5.84 Å². The zero-order chi connectivity index (χ0) is 14.5. The number of piperidine rings is 1. The maximum atomic E-state index is 7.65. The van der Waals surface area contributed by atoms with E-state index in [1.165, 1.54) is 5.56 Å². The molecule has 1 aromatic carbocycles. The zero-order valence-corrected chi connectivity index (χ0v) is 12.4. The third-order valence-corrected chi connectivity index (χ3v) is 4.26. The van der Waals surface area contributed by atoms with E-state index < -0.39 is 0 Å². The quantitative estimate of drug-likeness (QED) is 0.641. The van der Waals surface area contributed by atoms with Crippen LogP contribution in [-0.4, -0.2) is 37.0 Å². The first-order valence-electron chi connectivity index (χ1n) is 7.26. The molecule has 20 heavy (non-hydrogen) atoms. The van der Waals surface area contributed by atoms with E-state index >= 15 is 0 Å². The van der Waals surface area contributed by atoms with Crippen molar-refractivity contribution in [1.29, 1.82) is 5.41 Å². The van der Waals surface area contributed by atoms with Gasteiger partial charge in [-0.2, -0.15) is 0 Å². The molecule has 0 radical (unpaired) electrons. The predicted molar refractivity (Wildman–Crippen MR) is 81.9 cm³/mol. The van der Waals surface area contributed by atoms with Crippen LogP contribution in [0.1, 0.15) is 31.4 Å². The Hall–Kier alpha value is -1.39. The van der Waals surface area contributed by atoms with E-state index in [1.54, 1.807) is 7.11 Å². The lowest BCUT2D eigenvalue weighted by Gasteiger charge is -2.40. The Morgan fingerprint density at radius 1 is 1.45 bits per heavy atom. The lowest BCUT2D eigenvalue weighted by atomic mass is 9.92. The van der Waals surface area contributed by atoms with E-state index in [9.17, 15) is 0 Å². The first kappa shape index (κ1) is 15.0. The molecule has 4 nitrogen and oxygen atoms in total. The molecule has 2 rings (SSSR count). The summed E-state index contributed by atoms with van der Waals surface area (Å²) in [4.78, 5) is 2.41. The van der Waals surface area contributed by atoms with Gasteiger partial charge < -0.3 is 10.5 Å². The molecule has 3 N–H and O–H groups in total. The molecule has 0 spiro atoms. The minimum absolute atomic E-state index is 0.179. The Morgan fingerprint density at radius 2 is 2.15 bits per heavy atom. The minimum Gasteiger partial charge on any atom is -0.388 e. The van der Waals surface area contributed by atoms with Crippen molar-refractivity contribution < 1.29 is 4.74 Å². The van der Waals surface area contributed by atoms with Crippen LogP contribution in [0.15, 0.2) is 30.3 Å². The van der Waals surface area contributed by atoms with Gasteiger partial charge in [0.15, 0.2) is 0 Å². The molecular formula is C16H25N3O. The lowest BCUT2D eigenvalue weighted by Crippen LogP contribution is -2.46. The van der Waals surface area contributed by atoms with Crippen LogP contribution < -0.4 is 5.73 Å². The Bertz CT molecular complexity index is 435. The van der Waals surface area contributed by atoms with E-state index in [2.05, 4.69) is 24.0 Å². The van der Waals surface area contributed by atoms with Gasteiger partial charge in [-0.05, 0) is 24.4 Å². The third-order valence-electron chi connectivity index (χ3n) is 4.26. The zero-order valence-electron chi connectivity index (χ0n) is 12.4. The molecule has 3 unspecified atom stereocenters. The number of hydrogen-bond donors (Lipinski definition) is 2. The number of nitrogens with zero attached hydrogens (tertiary/aromatic N) is 1. The van der Waals surface area contributed by atoms with Gasteiger partial charge in [0, 0.05) is 26.1 Å². The maximum Gasteiger partial charge on any atom is 0.0924 e. The number of amidine groups is 1. The Morgan fingerprint density at radius 3 is 2.75 bits per heavy atom. The predicted octanol–water partition coefficient (Wildman–Crippen LogP) is 2.41. The van der Waals surface area contributed by atoms with Gasteiger partial charge in [0.25, 0.3) is 0 Å². The van der Waals surface area contributed by atoms with Crippen LogP contribution >= 0.6 is 0 Å². The average molecular weight is 275 g/mol. The number of ether oxygens (including phenoxy) is 1. The fourth-order valence-corrected chi connectivity index (χ4v) is 2.99. The average Bonchev–Trinajstić information content (AvgIpc) is 2.46. The molecule has 110 valence electrons. The largest absolute Gasteiger partial charge is 0.388 e. The standard InChI is InChI=1S/C16H25N3O/c1-12-8-9-19(11-15(12)20-2)14(10-16(17)18)13-6-4-3-5-7-13/h3-7,12,14-15H,8-11H2,1-2H3,(H3,17,18). The summed E-state index contributed by atoms with van der Waals surface area (Å²) in [6.45, 7) is 4.19. The first-order valence-corrected chi connectivity index (χ1v) is 7.26. The van der Waals surface area contributed by atoms with Gasteiger partial charge in [0.2, 0.25) is 0 Å². The highest BCUT2D eigenvalue weighted by Crippen LogP contribution is 2.30. The molecule has 1 aliphatic heterocycles. The molecule has 4 heteroatoms. The van der Waals surface area contributed by atoms with Gasteiger partial charge in [-0.3, -0.25) is 10.3 Å². The molecular weight excluding hydrogens is 250 g/mol. The van der Waals surface area contributed by atoms with Crippen molar-refractivity contribution in [3.8, 4) is 0 Å². The van der Waals surface area contributed by atoms with E-state index in [-0.39, 0.29) is 18.0 Å². The molecule has 0 saturated carbocycles. The fourth-order valence-electron chi connectivity index (χ4n) is 2.99. The van der Waals surface area contributed by atoms with E-state index in [0.717, 1.165) is 19.5 Å². The number of hydrogen-bond acceptors (Lipinski definition) is 3.